The van der Waals surface area contributed by atoms with E-state index in [1.807, 2.05) is 6.20 Å². The number of rotatable bonds is 12. The normalized spacial score (nSPS) is 14.2. The van der Waals surface area contributed by atoms with E-state index < -0.39 is 0 Å². The van der Waals surface area contributed by atoms with Gasteiger partial charge in [0, 0.05) is 18.9 Å². The van der Waals surface area contributed by atoms with Crippen LogP contribution < -0.4 is 11.0 Å². The Kier molecular flexibility index (Phi) is 9.72. The molecule has 1 heterocycles. The second-order valence-electron chi connectivity index (χ2n) is 5.30. The van der Waals surface area contributed by atoms with Crippen LogP contribution in [0.5, 0.6) is 0 Å². The van der Waals surface area contributed by atoms with Crippen molar-refractivity contribution in [3.05, 3.63) is 12.4 Å². The average molecular weight is 253 g/mol. The highest BCUT2D eigenvalue weighted by Crippen LogP contribution is 2.11. The van der Waals surface area contributed by atoms with E-state index in [9.17, 15) is 0 Å². The van der Waals surface area contributed by atoms with Crippen molar-refractivity contribution >= 4 is 0 Å². The van der Waals surface area contributed by atoms with Gasteiger partial charge in [0.2, 0.25) is 0 Å². The van der Waals surface area contributed by atoms with E-state index in [1.54, 1.807) is 0 Å². The molecule has 3 nitrogen and oxygen atoms in total. The lowest BCUT2D eigenvalue weighted by Crippen LogP contribution is -2.35. The molecule has 0 radical (unpaired) electrons. The zero-order valence-corrected chi connectivity index (χ0v) is 12.1. The van der Waals surface area contributed by atoms with Crippen LogP contribution in [0.1, 0.15) is 77.6 Å². The third kappa shape index (κ3) is 8.40. The third-order valence-corrected chi connectivity index (χ3v) is 3.55. The molecule has 0 atom stereocenters. The molecule has 0 bridgehead atoms. The first kappa shape index (κ1) is 15.4. The van der Waals surface area contributed by atoms with Gasteiger partial charge in [0.15, 0.2) is 0 Å². The molecule has 0 spiro atoms. The lowest BCUT2D eigenvalue weighted by Gasteiger charge is -2.14. The van der Waals surface area contributed by atoms with Crippen molar-refractivity contribution in [2.24, 2.45) is 0 Å². The fourth-order valence-corrected chi connectivity index (χ4v) is 2.36. The monoisotopic (exact) mass is 253 g/mol. The average Bonchev–Trinajstić information content (AvgIpc) is 2.89. The Hall–Kier alpha value is -0.700. The maximum atomic E-state index is 3.06. The summed E-state index contributed by atoms with van der Waals surface area (Å²) < 4.78 is 0. The van der Waals surface area contributed by atoms with Crippen molar-refractivity contribution in [3.8, 4) is 0 Å². The Labute approximate surface area is 113 Å². The minimum Gasteiger partial charge on any atom is -0.310 e. The van der Waals surface area contributed by atoms with Crippen LogP contribution in [0.25, 0.3) is 0 Å². The molecule has 0 aromatic heterocycles. The smallest absolute Gasteiger partial charge is 0.0356 e. The molecular formula is C15H31N3. The van der Waals surface area contributed by atoms with Crippen LogP contribution in [0.3, 0.4) is 0 Å². The molecule has 0 unspecified atom stereocenters. The lowest BCUT2D eigenvalue weighted by atomic mass is 10.1. The molecule has 0 aromatic rings. The summed E-state index contributed by atoms with van der Waals surface area (Å²) in [5, 5.41) is 2.10. The maximum Gasteiger partial charge on any atom is 0.0356 e. The number of unbranched alkanes of at least 4 members (excludes halogenated alkanes) is 10. The molecule has 18 heavy (non-hydrogen) atoms. The summed E-state index contributed by atoms with van der Waals surface area (Å²) in [4.78, 5) is 0. The summed E-state index contributed by atoms with van der Waals surface area (Å²) in [5.74, 6) is 0. The van der Waals surface area contributed by atoms with Crippen LogP contribution in [0.2, 0.25) is 0 Å². The van der Waals surface area contributed by atoms with Crippen molar-refractivity contribution in [1.29, 1.82) is 0 Å². The first-order valence-electron chi connectivity index (χ1n) is 7.88. The zero-order valence-electron chi connectivity index (χ0n) is 12.1. The van der Waals surface area contributed by atoms with Crippen molar-refractivity contribution in [2.45, 2.75) is 77.6 Å². The molecule has 0 aromatic carbocycles. The highest BCUT2D eigenvalue weighted by Gasteiger charge is 2.00. The fraction of sp³-hybridized carbons (Fsp3) is 0.867. The zero-order chi connectivity index (χ0) is 12.9. The van der Waals surface area contributed by atoms with E-state index in [0.29, 0.717) is 0 Å². The molecule has 0 amide bonds. The molecular weight excluding hydrogens is 222 g/mol. The van der Waals surface area contributed by atoms with Gasteiger partial charge in [0.1, 0.15) is 0 Å². The predicted octanol–water partition coefficient (Wildman–Crippen LogP) is 4.09. The summed E-state index contributed by atoms with van der Waals surface area (Å²) in [7, 11) is 0. The Morgan fingerprint density at radius 3 is 1.83 bits per heavy atom. The summed E-state index contributed by atoms with van der Waals surface area (Å²) >= 11 is 0. The van der Waals surface area contributed by atoms with Gasteiger partial charge in [-0.1, -0.05) is 71.1 Å². The Balaban J connectivity index is 1.69. The molecule has 1 aliphatic heterocycles. The van der Waals surface area contributed by atoms with E-state index in [1.165, 1.54) is 70.6 Å². The van der Waals surface area contributed by atoms with Gasteiger partial charge >= 0.3 is 0 Å². The molecule has 3 heteroatoms. The minimum atomic E-state index is 1.11. The predicted molar refractivity (Wildman–Crippen MR) is 78.6 cm³/mol. The molecule has 1 rings (SSSR count). The van der Waals surface area contributed by atoms with Crippen LogP contribution in [0.4, 0.5) is 0 Å². The van der Waals surface area contributed by atoms with Gasteiger partial charge < -0.3 is 5.43 Å². The molecule has 2 N–H and O–H groups in total. The van der Waals surface area contributed by atoms with Crippen LogP contribution in [-0.2, 0) is 0 Å². The van der Waals surface area contributed by atoms with E-state index in [2.05, 4.69) is 29.1 Å². The SMILES string of the molecule is CCCCCCCCCCCCCN1C=CNN1. The number of nitrogens with zero attached hydrogens (tertiary/aromatic N) is 1. The Morgan fingerprint density at radius 2 is 1.33 bits per heavy atom. The van der Waals surface area contributed by atoms with Crippen LogP contribution in [0, 0.1) is 0 Å². The molecule has 0 fully saturated rings. The maximum absolute atomic E-state index is 3.06. The topological polar surface area (TPSA) is 27.3 Å². The largest absolute Gasteiger partial charge is 0.310 e. The molecule has 0 aliphatic carbocycles. The van der Waals surface area contributed by atoms with E-state index in [0.717, 1.165) is 6.54 Å². The van der Waals surface area contributed by atoms with E-state index in [-0.39, 0.29) is 0 Å². The number of nitrogens with one attached hydrogen (secondary N) is 2. The van der Waals surface area contributed by atoms with E-state index in [4.69, 9.17) is 0 Å². The first-order valence-corrected chi connectivity index (χ1v) is 7.88. The minimum absolute atomic E-state index is 1.11. The molecule has 1 aliphatic rings. The second-order valence-corrected chi connectivity index (χ2v) is 5.30. The summed E-state index contributed by atoms with van der Waals surface area (Å²) in [6.45, 7) is 3.39. The van der Waals surface area contributed by atoms with Gasteiger partial charge in [-0.3, -0.25) is 5.01 Å². The van der Waals surface area contributed by atoms with Crippen molar-refractivity contribution in [2.75, 3.05) is 6.54 Å². The quantitative estimate of drug-likeness (QED) is 0.513. The lowest BCUT2D eigenvalue weighted by molar-refractivity contribution is 0.265. The Morgan fingerprint density at radius 1 is 0.778 bits per heavy atom. The fourth-order valence-electron chi connectivity index (χ4n) is 2.36. The van der Waals surface area contributed by atoms with Gasteiger partial charge in [-0.25, -0.2) is 0 Å². The van der Waals surface area contributed by atoms with Gasteiger partial charge in [-0.05, 0) is 6.42 Å². The molecule has 106 valence electrons. The first-order chi connectivity index (χ1) is 8.93. The van der Waals surface area contributed by atoms with Gasteiger partial charge in [-0.15, -0.1) is 5.53 Å². The highest BCUT2D eigenvalue weighted by molar-refractivity contribution is 4.81. The third-order valence-electron chi connectivity index (χ3n) is 3.55. The second kappa shape index (κ2) is 11.4. The van der Waals surface area contributed by atoms with Crippen LogP contribution in [-0.4, -0.2) is 11.6 Å². The molecule has 0 saturated heterocycles. The van der Waals surface area contributed by atoms with Gasteiger partial charge in [0.25, 0.3) is 0 Å². The van der Waals surface area contributed by atoms with Gasteiger partial charge in [-0.2, -0.15) is 0 Å². The molecule has 0 saturated carbocycles. The van der Waals surface area contributed by atoms with Crippen molar-refractivity contribution in [3.63, 3.8) is 0 Å². The summed E-state index contributed by atoms with van der Waals surface area (Å²) in [6.07, 6.45) is 19.5. The van der Waals surface area contributed by atoms with Crippen LogP contribution in [0.15, 0.2) is 12.4 Å². The van der Waals surface area contributed by atoms with Crippen molar-refractivity contribution in [1.82, 2.24) is 16.0 Å². The number of hydrogen-bond donors (Lipinski definition) is 2. The van der Waals surface area contributed by atoms with Crippen molar-refractivity contribution < 1.29 is 0 Å². The van der Waals surface area contributed by atoms with E-state index >= 15 is 0 Å². The number of hydrazine groups is 2. The highest BCUT2D eigenvalue weighted by atomic mass is 15.7. The summed E-state index contributed by atoms with van der Waals surface area (Å²) in [5.41, 5.74) is 6.02. The van der Waals surface area contributed by atoms with Crippen LogP contribution >= 0.6 is 0 Å². The Bertz CT molecular complexity index is 204. The summed E-state index contributed by atoms with van der Waals surface area (Å²) in [6, 6.07) is 0. The standard InChI is InChI=1S/C15H31N3/c1-2-3-4-5-6-7-8-9-10-11-12-14-18-15-13-16-17-18/h13,15-17H,2-12,14H2,1H3. The van der Waals surface area contributed by atoms with Gasteiger partial charge in [0.05, 0.1) is 0 Å². The number of hydrogen-bond acceptors (Lipinski definition) is 3.